The van der Waals surface area contributed by atoms with Gasteiger partial charge in [-0.2, -0.15) is 0 Å². The van der Waals surface area contributed by atoms with Gasteiger partial charge in [-0.05, 0) is 58.9 Å². The molecule has 0 aromatic heterocycles. The second kappa shape index (κ2) is 12.2. The van der Waals surface area contributed by atoms with Crippen molar-refractivity contribution in [2.45, 2.75) is 85.5 Å². The lowest BCUT2D eigenvalue weighted by molar-refractivity contribution is 0.267. The molecular weight excluding hydrogens is 473 g/mol. The van der Waals surface area contributed by atoms with Gasteiger partial charge in [-0.15, -0.1) is 0 Å². The maximum Gasteiger partial charge on any atom is 0.261 e. The van der Waals surface area contributed by atoms with E-state index in [4.69, 9.17) is 8.85 Å². The Kier molecular flexibility index (Phi) is 10.3. The van der Waals surface area contributed by atoms with Gasteiger partial charge in [-0.25, -0.2) is 0 Å². The Hall–Kier alpha value is -1.73. The predicted octanol–water partition coefficient (Wildman–Crippen LogP) is 8.11. The molecule has 0 fully saturated rings. The zero-order valence-corrected chi connectivity index (χ0v) is 26.7. The summed E-state index contributed by atoms with van der Waals surface area (Å²) in [5, 5.41) is 2.88. The van der Waals surface area contributed by atoms with E-state index in [1.165, 1.54) is 21.5 Å². The predicted molar refractivity (Wildman–Crippen MR) is 163 cm³/mol. The fraction of sp³-hybridized carbons (Fsp3) is 0.500. The van der Waals surface area contributed by atoms with Crippen molar-refractivity contribution >= 4 is 27.0 Å². The van der Waals surface area contributed by atoms with Gasteiger partial charge in [0.25, 0.3) is 8.32 Å². The van der Waals surface area contributed by atoms with E-state index in [-0.39, 0.29) is 10.1 Å². The fourth-order valence-corrected chi connectivity index (χ4v) is 10.2. The van der Waals surface area contributed by atoms with Crippen LogP contribution in [-0.4, -0.2) is 29.8 Å². The molecule has 0 radical (unpaired) electrons. The third-order valence-electron chi connectivity index (χ3n) is 7.47. The Bertz CT molecular complexity index is 970. The van der Waals surface area contributed by atoms with Crippen molar-refractivity contribution in [2.75, 3.05) is 13.2 Å². The number of hydrogen-bond donors (Lipinski definition) is 0. The zero-order valence-electron chi connectivity index (χ0n) is 24.7. The first-order chi connectivity index (χ1) is 16.6. The van der Waals surface area contributed by atoms with Crippen LogP contribution in [0.15, 0.2) is 84.0 Å². The van der Waals surface area contributed by atoms with Crippen molar-refractivity contribution < 1.29 is 8.85 Å². The molecular formula is C32H50O2Si2. The van der Waals surface area contributed by atoms with Crippen molar-refractivity contribution in [1.82, 2.24) is 0 Å². The van der Waals surface area contributed by atoms with E-state index >= 15 is 0 Å². The summed E-state index contributed by atoms with van der Waals surface area (Å²) in [7, 11) is -4.25. The average Bonchev–Trinajstić information content (AvgIpc) is 2.78. The molecule has 0 bridgehead atoms. The SMILES string of the molecule is CC(=C/C(C)CO[Si](c1ccccc1)(c1ccccc1)C(C)(C)C)/C=C(\C)CO[Si](C)(C)C(C)(C)C. The smallest absolute Gasteiger partial charge is 0.261 e. The molecule has 2 rings (SSSR count). The van der Waals surface area contributed by atoms with Gasteiger partial charge in [-0.3, -0.25) is 0 Å². The van der Waals surface area contributed by atoms with Crippen molar-refractivity contribution in [3.8, 4) is 0 Å². The molecule has 0 aliphatic rings. The Morgan fingerprint density at radius 3 is 1.67 bits per heavy atom. The Balaban J connectivity index is 2.24. The minimum Gasteiger partial charge on any atom is -0.413 e. The Morgan fingerprint density at radius 2 is 1.25 bits per heavy atom. The Labute approximate surface area is 224 Å². The van der Waals surface area contributed by atoms with Crippen LogP contribution in [0.4, 0.5) is 0 Å². The Morgan fingerprint density at radius 1 is 0.778 bits per heavy atom. The van der Waals surface area contributed by atoms with E-state index in [1.54, 1.807) is 0 Å². The highest BCUT2D eigenvalue weighted by Gasteiger charge is 2.50. The van der Waals surface area contributed by atoms with E-state index in [2.05, 4.69) is 148 Å². The largest absolute Gasteiger partial charge is 0.413 e. The molecule has 0 aliphatic carbocycles. The molecule has 0 aliphatic heterocycles. The van der Waals surface area contributed by atoms with Crippen molar-refractivity contribution in [1.29, 1.82) is 0 Å². The van der Waals surface area contributed by atoms with Gasteiger partial charge in [0.1, 0.15) is 0 Å². The number of allylic oxidation sites excluding steroid dienone is 2. The summed E-state index contributed by atoms with van der Waals surface area (Å²) >= 11 is 0. The van der Waals surface area contributed by atoms with Crippen molar-refractivity contribution in [2.24, 2.45) is 5.92 Å². The summed E-state index contributed by atoms with van der Waals surface area (Å²) in [6.07, 6.45) is 4.61. The van der Waals surface area contributed by atoms with E-state index in [9.17, 15) is 0 Å². The second-order valence-electron chi connectivity index (χ2n) is 12.9. The van der Waals surface area contributed by atoms with Crippen LogP contribution in [0.5, 0.6) is 0 Å². The molecule has 4 heteroatoms. The molecule has 2 aromatic rings. The molecule has 2 nitrogen and oxygen atoms in total. The quantitative estimate of drug-likeness (QED) is 0.232. The molecule has 36 heavy (non-hydrogen) atoms. The highest BCUT2D eigenvalue weighted by atomic mass is 28.4. The molecule has 1 unspecified atom stereocenters. The van der Waals surface area contributed by atoms with Crippen molar-refractivity contribution in [3.63, 3.8) is 0 Å². The zero-order chi connectivity index (χ0) is 27.2. The maximum atomic E-state index is 7.12. The fourth-order valence-electron chi connectivity index (χ4n) is 4.50. The minimum atomic E-state index is -2.51. The monoisotopic (exact) mass is 522 g/mol. The standard InChI is InChI=1S/C32H50O2Si2/c1-26(22-27(2)24-33-35(10,11)31(4,5)6)23-28(3)25-34-36(32(7,8)9,29-18-14-12-15-19-29)30-20-16-13-17-21-30/h12-23,28H,24-25H2,1-11H3/b26-23-,27-22+. The van der Waals surface area contributed by atoms with Gasteiger partial charge < -0.3 is 8.85 Å². The summed E-state index contributed by atoms with van der Waals surface area (Å²) < 4.78 is 13.5. The highest BCUT2D eigenvalue weighted by Crippen LogP contribution is 2.38. The number of benzene rings is 2. The van der Waals surface area contributed by atoms with Crippen LogP contribution >= 0.6 is 0 Å². The van der Waals surface area contributed by atoms with Gasteiger partial charge in [-0.1, -0.05) is 127 Å². The summed E-state index contributed by atoms with van der Waals surface area (Å²) in [4.78, 5) is 0. The first kappa shape index (κ1) is 30.5. The molecule has 1 atom stereocenters. The lowest BCUT2D eigenvalue weighted by Crippen LogP contribution is -2.66. The van der Waals surface area contributed by atoms with Gasteiger partial charge in [0.2, 0.25) is 0 Å². The normalized spacial score (nSPS) is 15.2. The molecule has 0 saturated carbocycles. The van der Waals surface area contributed by atoms with Crippen LogP contribution in [0.25, 0.3) is 0 Å². The maximum absolute atomic E-state index is 7.12. The molecule has 0 heterocycles. The van der Waals surface area contributed by atoms with Crippen molar-refractivity contribution in [3.05, 3.63) is 84.0 Å². The van der Waals surface area contributed by atoms with Crippen LogP contribution in [0, 0.1) is 5.92 Å². The first-order valence-corrected chi connectivity index (χ1v) is 18.2. The topological polar surface area (TPSA) is 18.5 Å². The number of hydrogen-bond acceptors (Lipinski definition) is 2. The van der Waals surface area contributed by atoms with Crippen LogP contribution < -0.4 is 10.4 Å². The summed E-state index contributed by atoms with van der Waals surface area (Å²) in [5.41, 5.74) is 2.54. The van der Waals surface area contributed by atoms with Gasteiger partial charge in [0.15, 0.2) is 8.32 Å². The summed E-state index contributed by atoms with van der Waals surface area (Å²) in [5.74, 6) is 0.303. The first-order valence-electron chi connectivity index (χ1n) is 13.3. The molecule has 2 aromatic carbocycles. The van der Waals surface area contributed by atoms with Crippen LogP contribution in [-0.2, 0) is 8.85 Å². The summed E-state index contributed by atoms with van der Waals surface area (Å²) in [6, 6.07) is 21.8. The van der Waals surface area contributed by atoms with E-state index in [0.717, 1.165) is 0 Å². The number of rotatable bonds is 10. The second-order valence-corrected chi connectivity index (χ2v) is 22.0. The van der Waals surface area contributed by atoms with E-state index in [0.29, 0.717) is 19.1 Å². The third kappa shape index (κ3) is 7.64. The molecule has 198 valence electrons. The van der Waals surface area contributed by atoms with Gasteiger partial charge in [0.05, 0.1) is 6.61 Å². The lowest BCUT2D eigenvalue weighted by Gasteiger charge is -2.43. The molecule has 0 amide bonds. The van der Waals surface area contributed by atoms with Crippen LogP contribution in [0.3, 0.4) is 0 Å². The summed E-state index contributed by atoms with van der Waals surface area (Å²) in [6.45, 7) is 26.5. The van der Waals surface area contributed by atoms with Gasteiger partial charge >= 0.3 is 0 Å². The van der Waals surface area contributed by atoms with Crippen LogP contribution in [0.1, 0.15) is 62.3 Å². The lowest BCUT2D eigenvalue weighted by atomic mass is 10.1. The molecule has 0 saturated heterocycles. The molecule has 0 spiro atoms. The van der Waals surface area contributed by atoms with Crippen LogP contribution in [0.2, 0.25) is 23.2 Å². The molecule has 0 N–H and O–H groups in total. The van der Waals surface area contributed by atoms with E-state index in [1.807, 2.05) is 0 Å². The highest BCUT2D eigenvalue weighted by molar-refractivity contribution is 6.99. The van der Waals surface area contributed by atoms with Gasteiger partial charge in [0, 0.05) is 6.61 Å². The third-order valence-corrected chi connectivity index (χ3v) is 17.0. The average molecular weight is 523 g/mol. The van der Waals surface area contributed by atoms with E-state index < -0.39 is 16.6 Å². The minimum absolute atomic E-state index is 0.00817.